The molecule has 2 amide bonds. The standard InChI is InChI=1S/C9H12Cl2N2O2/c1-12-4-3-5-13(2)9(15)7(11)6(10)8(12)14/h3-5H2,1-2H3/b7-6-. The molecule has 0 saturated heterocycles. The second kappa shape index (κ2) is 4.86. The Labute approximate surface area is 98.4 Å². The Balaban J connectivity index is 3.07. The molecule has 0 aliphatic carbocycles. The lowest BCUT2D eigenvalue weighted by molar-refractivity contribution is -0.126. The molecular formula is C9H12Cl2N2O2. The molecule has 0 saturated carbocycles. The second-order valence-electron chi connectivity index (χ2n) is 3.43. The zero-order chi connectivity index (χ0) is 11.6. The quantitative estimate of drug-likeness (QED) is 0.644. The molecule has 0 aromatic rings. The van der Waals surface area contributed by atoms with Crippen molar-refractivity contribution < 1.29 is 9.59 Å². The van der Waals surface area contributed by atoms with E-state index in [4.69, 9.17) is 23.2 Å². The van der Waals surface area contributed by atoms with Crippen LogP contribution in [0.15, 0.2) is 10.1 Å². The van der Waals surface area contributed by atoms with Crippen LogP contribution in [0, 0.1) is 0 Å². The number of carbonyl (C=O) groups excluding carboxylic acids is 2. The van der Waals surface area contributed by atoms with Gasteiger partial charge in [0.25, 0.3) is 11.8 Å². The molecule has 1 rings (SSSR count). The number of hydrogen-bond donors (Lipinski definition) is 0. The first-order valence-corrected chi connectivity index (χ1v) is 5.27. The Hall–Kier alpha value is -0.740. The first kappa shape index (κ1) is 12.3. The van der Waals surface area contributed by atoms with Crippen LogP contribution < -0.4 is 0 Å². The van der Waals surface area contributed by atoms with Gasteiger partial charge in [0.1, 0.15) is 10.1 Å². The van der Waals surface area contributed by atoms with E-state index in [-0.39, 0.29) is 10.1 Å². The van der Waals surface area contributed by atoms with Gasteiger partial charge in [0.05, 0.1) is 0 Å². The molecule has 1 heterocycles. The van der Waals surface area contributed by atoms with E-state index in [0.717, 1.165) is 0 Å². The summed E-state index contributed by atoms with van der Waals surface area (Å²) in [5, 5.41) is -0.421. The summed E-state index contributed by atoms with van der Waals surface area (Å²) in [6, 6.07) is 0. The summed E-state index contributed by atoms with van der Waals surface area (Å²) in [6.45, 7) is 1.10. The van der Waals surface area contributed by atoms with Crippen LogP contribution >= 0.6 is 23.2 Å². The van der Waals surface area contributed by atoms with Crippen molar-refractivity contribution in [2.75, 3.05) is 27.2 Å². The largest absolute Gasteiger partial charge is 0.341 e. The van der Waals surface area contributed by atoms with Crippen LogP contribution in [0.5, 0.6) is 0 Å². The Morgan fingerprint density at radius 3 is 1.60 bits per heavy atom. The summed E-state index contributed by atoms with van der Waals surface area (Å²) in [5.41, 5.74) is 0. The maximum absolute atomic E-state index is 11.6. The van der Waals surface area contributed by atoms with Crippen molar-refractivity contribution in [1.29, 1.82) is 0 Å². The van der Waals surface area contributed by atoms with Gasteiger partial charge in [-0.1, -0.05) is 23.2 Å². The van der Waals surface area contributed by atoms with Crippen LogP contribution in [-0.4, -0.2) is 48.8 Å². The number of likely N-dealkylation sites (N-methyl/N-ethyl adjacent to an activating group) is 2. The predicted molar refractivity (Wildman–Crippen MR) is 58.6 cm³/mol. The third kappa shape index (κ3) is 2.63. The first-order chi connectivity index (χ1) is 6.95. The summed E-state index contributed by atoms with van der Waals surface area (Å²) in [5.74, 6) is -0.823. The van der Waals surface area contributed by atoms with Gasteiger partial charge in [-0.25, -0.2) is 0 Å². The van der Waals surface area contributed by atoms with Gasteiger partial charge in [-0.2, -0.15) is 0 Å². The zero-order valence-corrected chi connectivity index (χ0v) is 10.1. The molecule has 1 aliphatic rings. The number of halogens is 2. The SMILES string of the molecule is CN1CCCN(C)C(=O)/C(Cl)=C(/Cl)C1=O. The Kier molecular flexibility index (Phi) is 3.99. The fourth-order valence-electron chi connectivity index (χ4n) is 1.27. The molecule has 0 aromatic heterocycles. The van der Waals surface area contributed by atoms with Gasteiger partial charge in [-0.05, 0) is 6.42 Å². The third-order valence-corrected chi connectivity index (χ3v) is 3.05. The van der Waals surface area contributed by atoms with Crippen LogP contribution in [0.3, 0.4) is 0 Å². The van der Waals surface area contributed by atoms with Gasteiger partial charge in [0.2, 0.25) is 0 Å². The van der Waals surface area contributed by atoms with E-state index in [9.17, 15) is 9.59 Å². The summed E-state index contributed by atoms with van der Waals surface area (Å²) in [4.78, 5) is 26.1. The molecule has 1 aliphatic heterocycles. The van der Waals surface area contributed by atoms with E-state index in [0.29, 0.717) is 19.5 Å². The topological polar surface area (TPSA) is 40.6 Å². The summed E-state index contributed by atoms with van der Waals surface area (Å²) in [7, 11) is 3.26. The summed E-state index contributed by atoms with van der Waals surface area (Å²) < 4.78 is 0. The molecule has 0 spiro atoms. The van der Waals surface area contributed by atoms with Crippen LogP contribution in [0.25, 0.3) is 0 Å². The molecule has 84 valence electrons. The monoisotopic (exact) mass is 250 g/mol. The minimum Gasteiger partial charge on any atom is -0.341 e. The molecular weight excluding hydrogens is 239 g/mol. The first-order valence-electron chi connectivity index (χ1n) is 4.51. The van der Waals surface area contributed by atoms with Gasteiger partial charge in [-0.3, -0.25) is 9.59 Å². The lowest BCUT2D eigenvalue weighted by atomic mass is 10.4. The van der Waals surface area contributed by atoms with Crippen molar-refractivity contribution >= 4 is 35.0 Å². The highest BCUT2D eigenvalue weighted by molar-refractivity contribution is 6.53. The van der Waals surface area contributed by atoms with Gasteiger partial charge in [0, 0.05) is 27.2 Å². The third-order valence-electron chi connectivity index (χ3n) is 2.25. The van der Waals surface area contributed by atoms with Crippen molar-refractivity contribution in [2.45, 2.75) is 6.42 Å². The summed E-state index contributed by atoms with van der Waals surface area (Å²) in [6.07, 6.45) is 0.707. The highest BCUT2D eigenvalue weighted by atomic mass is 35.5. The van der Waals surface area contributed by atoms with Gasteiger partial charge in [-0.15, -0.1) is 0 Å². The lowest BCUT2D eigenvalue weighted by Crippen LogP contribution is -2.29. The Bertz CT molecular complexity index is 298. The van der Waals surface area contributed by atoms with Crippen molar-refractivity contribution in [3.05, 3.63) is 10.1 Å². The average molecular weight is 251 g/mol. The van der Waals surface area contributed by atoms with Gasteiger partial charge >= 0.3 is 0 Å². The van der Waals surface area contributed by atoms with Crippen LogP contribution in [0.2, 0.25) is 0 Å². The van der Waals surface area contributed by atoms with Crippen molar-refractivity contribution in [1.82, 2.24) is 9.80 Å². The molecule has 15 heavy (non-hydrogen) atoms. The molecule has 0 radical (unpaired) electrons. The fraction of sp³-hybridized carbons (Fsp3) is 0.556. The summed E-state index contributed by atoms with van der Waals surface area (Å²) >= 11 is 11.5. The van der Waals surface area contributed by atoms with Crippen LogP contribution in [0.4, 0.5) is 0 Å². The molecule has 4 nitrogen and oxygen atoms in total. The van der Waals surface area contributed by atoms with Gasteiger partial charge < -0.3 is 9.80 Å². The highest BCUT2D eigenvalue weighted by Gasteiger charge is 2.24. The van der Waals surface area contributed by atoms with Crippen LogP contribution in [0.1, 0.15) is 6.42 Å². The number of nitrogens with zero attached hydrogens (tertiary/aromatic N) is 2. The molecule has 0 bridgehead atoms. The van der Waals surface area contributed by atoms with E-state index >= 15 is 0 Å². The van der Waals surface area contributed by atoms with Crippen molar-refractivity contribution in [3.8, 4) is 0 Å². The second-order valence-corrected chi connectivity index (χ2v) is 4.19. The number of carbonyl (C=O) groups is 2. The maximum atomic E-state index is 11.6. The highest BCUT2D eigenvalue weighted by Crippen LogP contribution is 2.19. The fourth-order valence-corrected chi connectivity index (χ4v) is 1.72. The predicted octanol–water partition coefficient (Wildman–Crippen LogP) is 0.996. The minimum absolute atomic E-state index is 0.210. The van der Waals surface area contributed by atoms with E-state index < -0.39 is 11.8 Å². The lowest BCUT2D eigenvalue weighted by Gasteiger charge is -2.16. The number of rotatable bonds is 0. The molecule has 0 unspecified atom stereocenters. The van der Waals surface area contributed by atoms with Crippen molar-refractivity contribution in [2.24, 2.45) is 0 Å². The van der Waals surface area contributed by atoms with E-state index in [2.05, 4.69) is 0 Å². The normalized spacial score (nSPS) is 25.1. The zero-order valence-electron chi connectivity index (χ0n) is 8.59. The number of hydrogen-bond acceptors (Lipinski definition) is 2. The van der Waals surface area contributed by atoms with E-state index in [1.54, 1.807) is 14.1 Å². The molecule has 0 N–H and O–H groups in total. The molecule has 0 aromatic carbocycles. The molecule has 0 atom stereocenters. The Morgan fingerprint density at radius 1 is 0.933 bits per heavy atom. The van der Waals surface area contributed by atoms with E-state index in [1.807, 2.05) is 0 Å². The minimum atomic E-state index is -0.412. The molecule has 6 heteroatoms. The van der Waals surface area contributed by atoms with Gasteiger partial charge in [0.15, 0.2) is 0 Å². The maximum Gasteiger partial charge on any atom is 0.266 e. The number of amides is 2. The molecule has 0 fully saturated rings. The average Bonchev–Trinajstić information content (AvgIpc) is 2.25. The van der Waals surface area contributed by atoms with Crippen molar-refractivity contribution in [3.63, 3.8) is 0 Å². The smallest absolute Gasteiger partial charge is 0.266 e. The van der Waals surface area contributed by atoms with Crippen LogP contribution in [-0.2, 0) is 9.59 Å². The van der Waals surface area contributed by atoms with E-state index in [1.165, 1.54) is 9.80 Å². The Morgan fingerprint density at radius 2 is 1.27 bits per heavy atom.